The lowest BCUT2D eigenvalue weighted by atomic mass is 9.84. The third-order valence-corrected chi connectivity index (χ3v) is 4.02. The van der Waals surface area contributed by atoms with Gasteiger partial charge in [0, 0.05) is 17.8 Å². The number of halogens is 3. The van der Waals surface area contributed by atoms with Crippen LogP contribution in [-0.4, -0.2) is 37.1 Å². The molecule has 0 amide bonds. The van der Waals surface area contributed by atoms with Gasteiger partial charge >= 0.3 is 6.18 Å². The number of aromatic nitrogens is 1. The molecule has 0 atom stereocenters. The number of nitrogens with two attached hydrogens (primary N) is 1. The lowest BCUT2D eigenvalue weighted by Gasteiger charge is -2.23. The van der Waals surface area contributed by atoms with Crippen molar-refractivity contribution >= 4 is 29.2 Å². The van der Waals surface area contributed by atoms with Crippen molar-refractivity contribution in [2.24, 2.45) is 15.9 Å². The second-order valence-electron chi connectivity index (χ2n) is 7.32. The molecule has 0 aliphatic carbocycles. The van der Waals surface area contributed by atoms with E-state index in [1.54, 1.807) is 18.2 Å². The molecule has 0 aliphatic heterocycles. The second-order valence-corrected chi connectivity index (χ2v) is 7.32. The molecule has 30 heavy (non-hydrogen) atoms. The van der Waals surface area contributed by atoms with Gasteiger partial charge in [-0.3, -0.25) is 5.73 Å². The first-order chi connectivity index (χ1) is 14.0. The first-order valence-corrected chi connectivity index (χ1v) is 9.59. The van der Waals surface area contributed by atoms with Gasteiger partial charge in [0.1, 0.15) is 19.0 Å². The summed E-state index contributed by atoms with van der Waals surface area (Å²) in [7, 11) is 0. The fourth-order valence-electron chi connectivity index (χ4n) is 2.77. The van der Waals surface area contributed by atoms with Crippen molar-refractivity contribution in [2.75, 3.05) is 18.6 Å². The maximum Gasteiger partial charge on any atom is 0.405 e. The summed E-state index contributed by atoms with van der Waals surface area (Å²) in [6, 6.07) is 5.08. The Balaban J connectivity index is 0.00000218. The van der Waals surface area contributed by atoms with Crippen molar-refractivity contribution in [1.82, 2.24) is 4.98 Å². The predicted molar refractivity (Wildman–Crippen MR) is 117 cm³/mol. The first-order valence-electron chi connectivity index (χ1n) is 9.59. The zero-order chi connectivity index (χ0) is 23.1. The number of nitrogens with zero attached hydrogens (tertiary/aromatic N) is 3. The number of rotatable bonds is 5. The summed E-state index contributed by atoms with van der Waals surface area (Å²) < 4.78 is 43.2. The van der Waals surface area contributed by atoms with Crippen LogP contribution in [0, 0.1) is 6.92 Å². The molecule has 0 bridgehead atoms. The highest BCUT2D eigenvalue weighted by Gasteiger charge is 2.27. The average Bonchev–Trinajstić information content (AvgIpc) is 2.66. The molecule has 0 unspecified atom stereocenters. The molecule has 1 aromatic carbocycles. The van der Waals surface area contributed by atoms with Gasteiger partial charge in [-0.1, -0.05) is 34.6 Å². The Kier molecular flexibility index (Phi) is 8.77. The van der Waals surface area contributed by atoms with Gasteiger partial charge in [0.15, 0.2) is 0 Å². The topological polar surface area (TPSA) is 84.9 Å². The summed E-state index contributed by atoms with van der Waals surface area (Å²) in [5, 5.41) is 10.5. The van der Waals surface area contributed by atoms with Crippen LogP contribution in [-0.2, 0) is 10.2 Å². The number of ether oxygens (including phenoxy) is 1. The summed E-state index contributed by atoms with van der Waals surface area (Å²) in [6.07, 6.45) is -4.31. The lowest BCUT2D eigenvalue weighted by Crippen LogP contribution is -2.22. The van der Waals surface area contributed by atoms with E-state index in [-0.39, 0.29) is 18.0 Å². The second kappa shape index (κ2) is 10.4. The lowest BCUT2D eigenvalue weighted by molar-refractivity contribution is -0.115. The van der Waals surface area contributed by atoms with Gasteiger partial charge in [-0.05, 0) is 41.7 Å². The summed E-state index contributed by atoms with van der Waals surface area (Å²) >= 11 is 0. The van der Waals surface area contributed by atoms with E-state index in [9.17, 15) is 13.2 Å². The largest absolute Gasteiger partial charge is 0.459 e. The molecule has 0 saturated heterocycles. The molecule has 6 nitrogen and oxygen atoms in total. The van der Waals surface area contributed by atoms with Crippen LogP contribution in [0.1, 0.15) is 51.4 Å². The fraction of sp³-hybridized carbons (Fsp3) is 0.476. The Bertz CT molecular complexity index is 902. The van der Waals surface area contributed by atoms with E-state index in [0.717, 1.165) is 16.5 Å². The molecule has 2 aromatic rings. The minimum Gasteiger partial charge on any atom is -0.459 e. The van der Waals surface area contributed by atoms with E-state index in [1.807, 2.05) is 41.5 Å². The summed E-state index contributed by atoms with van der Waals surface area (Å²) in [5.74, 6) is 0.127. The van der Waals surface area contributed by atoms with Crippen LogP contribution in [0.25, 0.3) is 10.9 Å². The van der Waals surface area contributed by atoms with Crippen LogP contribution in [0.5, 0.6) is 0 Å². The molecular formula is C21H30F3N5O. The molecule has 3 N–H and O–H groups in total. The molecule has 0 radical (unpaired) electrons. The highest BCUT2D eigenvalue weighted by molar-refractivity contribution is 5.97. The van der Waals surface area contributed by atoms with Crippen LogP contribution >= 0.6 is 0 Å². The minimum atomic E-state index is -4.31. The quantitative estimate of drug-likeness (QED) is 0.301. The van der Waals surface area contributed by atoms with Gasteiger partial charge in [-0.2, -0.15) is 18.3 Å². The normalized spacial score (nSPS) is 12.3. The zero-order valence-corrected chi connectivity index (χ0v) is 18.3. The number of anilines is 1. The third-order valence-electron chi connectivity index (χ3n) is 4.02. The summed E-state index contributed by atoms with van der Waals surface area (Å²) in [5.41, 5.74) is 8.12. The number of nitrogens with one attached hydrogen (secondary N) is 1. The molecule has 1 aromatic heterocycles. The maximum atomic E-state index is 12.6. The van der Waals surface area contributed by atoms with Crippen LogP contribution in [0.15, 0.2) is 28.4 Å². The number of benzene rings is 1. The molecule has 0 aliphatic rings. The Morgan fingerprint density at radius 3 is 2.33 bits per heavy atom. The van der Waals surface area contributed by atoms with Gasteiger partial charge in [0.2, 0.25) is 0 Å². The van der Waals surface area contributed by atoms with Crippen molar-refractivity contribution in [3.05, 3.63) is 35.0 Å². The Morgan fingerprint density at radius 2 is 1.83 bits per heavy atom. The molecule has 0 saturated carbocycles. The fourth-order valence-corrected chi connectivity index (χ4v) is 2.77. The number of hydrogen-bond acceptors (Lipinski definition) is 6. The number of fused-ring (bicyclic) bond motifs is 1. The summed E-state index contributed by atoms with van der Waals surface area (Å²) in [6.45, 7) is 13.8. The zero-order valence-electron chi connectivity index (χ0n) is 18.3. The number of alkyl halides is 3. The molecule has 1 heterocycles. The Hall–Kier alpha value is -2.68. The van der Waals surface area contributed by atoms with E-state index in [0.29, 0.717) is 16.9 Å². The smallest absolute Gasteiger partial charge is 0.405 e. The van der Waals surface area contributed by atoms with E-state index in [1.165, 1.54) is 0 Å². The standard InChI is InChI=1S/C19H24F3N5O.C2H6/c1-11-6-15(17(27-24-5)28-10-23)26-16-13(11)7-12(25-9-19(20,21)22)8-14(16)18(2,3)4;1-2/h6-8,25H,5,9-10,23H2,1-4H3;1-2H3/b27-17-;. The molecule has 166 valence electrons. The van der Waals surface area contributed by atoms with E-state index in [4.69, 9.17) is 10.5 Å². The number of pyridine rings is 1. The molecular weight excluding hydrogens is 395 g/mol. The van der Waals surface area contributed by atoms with Gasteiger partial charge in [0.05, 0.1) is 5.52 Å². The molecule has 9 heteroatoms. The SMILES string of the molecule is C=N/N=C(\OCN)c1cc(C)c2cc(NCC(F)(F)F)cc(C(C)(C)C)c2n1.CC. The average molecular weight is 425 g/mol. The van der Waals surface area contributed by atoms with Crippen molar-refractivity contribution in [3.63, 3.8) is 0 Å². The van der Waals surface area contributed by atoms with Crippen molar-refractivity contribution in [1.29, 1.82) is 0 Å². The van der Waals surface area contributed by atoms with Gasteiger partial charge < -0.3 is 10.1 Å². The Morgan fingerprint density at radius 1 is 1.20 bits per heavy atom. The van der Waals surface area contributed by atoms with Crippen LogP contribution in [0.3, 0.4) is 0 Å². The van der Waals surface area contributed by atoms with Crippen molar-refractivity contribution in [3.8, 4) is 0 Å². The van der Waals surface area contributed by atoms with E-state index >= 15 is 0 Å². The van der Waals surface area contributed by atoms with E-state index in [2.05, 4.69) is 27.2 Å². The maximum absolute atomic E-state index is 12.6. The number of hydrogen-bond donors (Lipinski definition) is 2. The van der Waals surface area contributed by atoms with Gasteiger partial charge in [-0.15, -0.1) is 5.10 Å². The first kappa shape index (κ1) is 25.4. The third kappa shape index (κ3) is 6.69. The molecule has 0 fully saturated rings. The monoisotopic (exact) mass is 425 g/mol. The van der Waals surface area contributed by atoms with Crippen molar-refractivity contribution < 1.29 is 17.9 Å². The van der Waals surface area contributed by atoms with E-state index < -0.39 is 12.7 Å². The van der Waals surface area contributed by atoms with Gasteiger partial charge in [0.25, 0.3) is 5.90 Å². The Labute approximate surface area is 175 Å². The minimum absolute atomic E-state index is 0.112. The highest BCUT2D eigenvalue weighted by Crippen LogP contribution is 2.34. The number of aryl methyl sites for hydroxylation is 1. The molecule has 0 spiro atoms. The molecule has 2 rings (SSSR count). The van der Waals surface area contributed by atoms with Gasteiger partial charge in [-0.25, -0.2) is 4.98 Å². The van der Waals surface area contributed by atoms with Crippen molar-refractivity contribution in [2.45, 2.75) is 53.1 Å². The summed E-state index contributed by atoms with van der Waals surface area (Å²) in [4.78, 5) is 4.64. The predicted octanol–water partition coefficient (Wildman–Crippen LogP) is 5.14. The van der Waals surface area contributed by atoms with Crippen LogP contribution < -0.4 is 11.1 Å². The van der Waals surface area contributed by atoms with Crippen LogP contribution in [0.2, 0.25) is 0 Å². The van der Waals surface area contributed by atoms with Crippen LogP contribution in [0.4, 0.5) is 18.9 Å². The highest BCUT2D eigenvalue weighted by atomic mass is 19.4.